The van der Waals surface area contributed by atoms with Crippen molar-refractivity contribution in [3.63, 3.8) is 0 Å². The molecule has 26 heavy (non-hydrogen) atoms. The average molecular weight is 372 g/mol. The number of nitrogens with zero attached hydrogens (tertiary/aromatic N) is 3. The lowest BCUT2D eigenvalue weighted by molar-refractivity contribution is -0.121. The van der Waals surface area contributed by atoms with Crippen LogP contribution in [0.1, 0.15) is 23.4 Å². The van der Waals surface area contributed by atoms with Crippen molar-refractivity contribution in [2.75, 3.05) is 6.54 Å². The number of hydrogen-bond acceptors (Lipinski definition) is 6. The summed E-state index contributed by atoms with van der Waals surface area (Å²) in [5.74, 6) is 0.670. The van der Waals surface area contributed by atoms with Gasteiger partial charge in [0.2, 0.25) is 5.91 Å². The normalized spacial score (nSPS) is 10.8. The maximum absolute atomic E-state index is 12.0. The molecule has 0 fully saturated rings. The fourth-order valence-corrected chi connectivity index (χ4v) is 3.34. The van der Waals surface area contributed by atoms with E-state index in [1.807, 2.05) is 31.4 Å². The van der Waals surface area contributed by atoms with Crippen molar-refractivity contribution < 1.29 is 9.32 Å². The smallest absolute Gasteiger partial charge is 0.266 e. The molecular weight excluding hydrogens is 352 g/mol. The van der Waals surface area contributed by atoms with Gasteiger partial charge in [-0.05, 0) is 37.8 Å². The van der Waals surface area contributed by atoms with Crippen LogP contribution in [0.4, 0.5) is 0 Å². The average Bonchev–Trinajstić information content (AvgIpc) is 3.26. The van der Waals surface area contributed by atoms with Crippen LogP contribution >= 0.6 is 11.3 Å². The van der Waals surface area contributed by atoms with E-state index in [9.17, 15) is 9.59 Å². The predicted octanol–water partition coefficient (Wildman–Crippen LogP) is 2.33. The number of carbonyl (C=O) groups excluding carboxylic acids is 1. The number of amides is 1. The standard InChI is InChI=1S/C18H20N4O3S/c1-12-14(13(2)25-21-12)5-7-17(23)19-9-10-22-18(24)8-6-15(20-22)16-4-3-11-26-16/h3-4,6,8,11H,5,7,9-10H2,1-2H3,(H,19,23). The van der Waals surface area contributed by atoms with Crippen molar-refractivity contribution in [3.8, 4) is 10.6 Å². The molecule has 0 saturated heterocycles. The van der Waals surface area contributed by atoms with Gasteiger partial charge >= 0.3 is 0 Å². The molecule has 7 nitrogen and oxygen atoms in total. The lowest BCUT2D eigenvalue weighted by Gasteiger charge is -2.08. The Morgan fingerprint density at radius 1 is 1.31 bits per heavy atom. The Bertz CT molecular complexity index is 924. The summed E-state index contributed by atoms with van der Waals surface area (Å²) in [6.07, 6.45) is 0.930. The van der Waals surface area contributed by atoms with E-state index in [0.717, 1.165) is 27.6 Å². The van der Waals surface area contributed by atoms with Crippen LogP contribution in [0.15, 0.2) is 39.0 Å². The quantitative estimate of drug-likeness (QED) is 0.687. The lowest BCUT2D eigenvalue weighted by atomic mass is 10.1. The minimum absolute atomic E-state index is 0.0764. The van der Waals surface area contributed by atoms with Gasteiger partial charge < -0.3 is 9.84 Å². The number of thiophene rings is 1. The molecule has 1 amide bonds. The predicted molar refractivity (Wildman–Crippen MR) is 99.1 cm³/mol. The highest BCUT2D eigenvalue weighted by atomic mass is 32.1. The molecule has 3 aromatic rings. The first-order valence-corrected chi connectivity index (χ1v) is 9.23. The van der Waals surface area contributed by atoms with Crippen molar-refractivity contribution in [2.24, 2.45) is 0 Å². The molecule has 136 valence electrons. The highest BCUT2D eigenvalue weighted by Crippen LogP contribution is 2.21. The first-order chi connectivity index (χ1) is 12.5. The molecule has 0 saturated carbocycles. The van der Waals surface area contributed by atoms with E-state index in [4.69, 9.17) is 4.52 Å². The van der Waals surface area contributed by atoms with E-state index in [0.29, 0.717) is 25.9 Å². The van der Waals surface area contributed by atoms with Crippen molar-refractivity contribution >= 4 is 17.2 Å². The topological polar surface area (TPSA) is 90.0 Å². The molecule has 1 N–H and O–H groups in total. The van der Waals surface area contributed by atoms with Crippen LogP contribution in [0.2, 0.25) is 0 Å². The lowest BCUT2D eigenvalue weighted by Crippen LogP contribution is -2.32. The second kappa shape index (κ2) is 8.09. The largest absolute Gasteiger partial charge is 0.361 e. The molecule has 0 aromatic carbocycles. The molecule has 3 aromatic heterocycles. The highest BCUT2D eigenvalue weighted by Gasteiger charge is 2.11. The summed E-state index contributed by atoms with van der Waals surface area (Å²) < 4.78 is 6.47. The highest BCUT2D eigenvalue weighted by molar-refractivity contribution is 7.13. The van der Waals surface area contributed by atoms with Crippen molar-refractivity contribution in [1.29, 1.82) is 0 Å². The number of rotatable bonds is 7. The Labute approximate surface area is 154 Å². The summed E-state index contributed by atoms with van der Waals surface area (Å²) in [6, 6.07) is 7.11. The molecule has 8 heteroatoms. The van der Waals surface area contributed by atoms with Gasteiger partial charge in [0.25, 0.3) is 5.56 Å². The van der Waals surface area contributed by atoms with E-state index < -0.39 is 0 Å². The van der Waals surface area contributed by atoms with Gasteiger partial charge in [0.15, 0.2) is 0 Å². The zero-order valence-corrected chi connectivity index (χ0v) is 15.5. The number of nitrogens with one attached hydrogen (secondary N) is 1. The molecule has 3 heterocycles. The Morgan fingerprint density at radius 3 is 2.85 bits per heavy atom. The van der Waals surface area contributed by atoms with Crippen LogP contribution in [0, 0.1) is 13.8 Å². The van der Waals surface area contributed by atoms with Gasteiger partial charge in [0, 0.05) is 24.6 Å². The minimum Gasteiger partial charge on any atom is -0.361 e. The summed E-state index contributed by atoms with van der Waals surface area (Å²) in [4.78, 5) is 25.0. The van der Waals surface area contributed by atoms with Crippen LogP contribution in [-0.2, 0) is 17.8 Å². The minimum atomic E-state index is -0.185. The third-order valence-electron chi connectivity index (χ3n) is 4.07. The summed E-state index contributed by atoms with van der Waals surface area (Å²) in [5.41, 5.74) is 2.36. The van der Waals surface area contributed by atoms with E-state index >= 15 is 0 Å². The second-order valence-electron chi connectivity index (χ2n) is 5.91. The zero-order chi connectivity index (χ0) is 18.5. The zero-order valence-electron chi connectivity index (χ0n) is 14.7. The van der Waals surface area contributed by atoms with Gasteiger partial charge in [-0.15, -0.1) is 11.3 Å². The monoisotopic (exact) mass is 372 g/mol. The second-order valence-corrected chi connectivity index (χ2v) is 6.86. The first-order valence-electron chi connectivity index (χ1n) is 8.35. The molecule has 0 radical (unpaired) electrons. The number of hydrogen-bond donors (Lipinski definition) is 1. The Hall–Kier alpha value is -2.74. The fraction of sp³-hybridized carbons (Fsp3) is 0.333. The number of carbonyl (C=O) groups is 1. The molecule has 0 spiro atoms. The van der Waals surface area contributed by atoms with Crippen molar-refractivity contribution in [3.05, 3.63) is 57.0 Å². The number of aryl methyl sites for hydroxylation is 2. The van der Waals surface area contributed by atoms with Crippen molar-refractivity contribution in [2.45, 2.75) is 33.2 Å². The van der Waals surface area contributed by atoms with Gasteiger partial charge in [-0.25, -0.2) is 4.68 Å². The Morgan fingerprint density at radius 2 is 2.15 bits per heavy atom. The molecule has 0 bridgehead atoms. The van der Waals surface area contributed by atoms with Crippen LogP contribution in [0.25, 0.3) is 10.6 Å². The summed E-state index contributed by atoms with van der Waals surface area (Å²) in [6.45, 7) is 4.38. The molecule has 3 rings (SSSR count). The third-order valence-corrected chi connectivity index (χ3v) is 4.96. The molecule has 0 aliphatic rings. The maximum atomic E-state index is 12.0. The van der Waals surface area contributed by atoms with Gasteiger partial charge in [-0.2, -0.15) is 5.10 Å². The van der Waals surface area contributed by atoms with Crippen LogP contribution in [-0.4, -0.2) is 27.4 Å². The molecule has 0 aliphatic carbocycles. The first kappa shape index (κ1) is 18.1. The van der Waals surface area contributed by atoms with Gasteiger partial charge in [-0.1, -0.05) is 11.2 Å². The summed E-state index contributed by atoms with van der Waals surface area (Å²) in [5, 5.41) is 13.0. The number of aromatic nitrogens is 3. The molecule has 0 unspecified atom stereocenters. The van der Waals surface area contributed by atoms with Crippen LogP contribution in [0.5, 0.6) is 0 Å². The van der Waals surface area contributed by atoms with Gasteiger partial charge in [0.05, 0.1) is 17.1 Å². The van der Waals surface area contributed by atoms with E-state index in [2.05, 4.69) is 15.6 Å². The molecule has 0 atom stereocenters. The maximum Gasteiger partial charge on any atom is 0.266 e. The summed E-state index contributed by atoms with van der Waals surface area (Å²) in [7, 11) is 0. The SMILES string of the molecule is Cc1noc(C)c1CCC(=O)NCCn1nc(-c2cccs2)ccc1=O. The van der Waals surface area contributed by atoms with Crippen LogP contribution < -0.4 is 10.9 Å². The Balaban J connectivity index is 1.52. The summed E-state index contributed by atoms with van der Waals surface area (Å²) >= 11 is 1.57. The van der Waals surface area contributed by atoms with E-state index in [1.165, 1.54) is 10.7 Å². The van der Waals surface area contributed by atoms with E-state index in [-0.39, 0.29) is 11.5 Å². The van der Waals surface area contributed by atoms with Gasteiger partial charge in [-0.3, -0.25) is 9.59 Å². The van der Waals surface area contributed by atoms with Crippen molar-refractivity contribution in [1.82, 2.24) is 20.3 Å². The Kier molecular flexibility index (Phi) is 5.62. The third kappa shape index (κ3) is 4.26. The fourth-order valence-electron chi connectivity index (χ4n) is 2.65. The molecular formula is C18H20N4O3S. The van der Waals surface area contributed by atoms with E-state index in [1.54, 1.807) is 17.4 Å². The molecule has 0 aliphatic heterocycles. The van der Waals surface area contributed by atoms with Crippen LogP contribution in [0.3, 0.4) is 0 Å². The van der Waals surface area contributed by atoms with Gasteiger partial charge in [0.1, 0.15) is 11.5 Å².